The number of sulfonamides is 1. The number of hydrogen-bond donors (Lipinski definition) is 1. The van der Waals surface area contributed by atoms with Gasteiger partial charge in [-0.25, -0.2) is 0 Å². The molecular weight excluding hydrogens is 367 g/mol. The molecule has 0 aliphatic heterocycles. The molecule has 0 amide bonds. The summed E-state index contributed by atoms with van der Waals surface area (Å²) in [6, 6.07) is 13.1. The highest BCUT2D eigenvalue weighted by molar-refractivity contribution is 7.93. The van der Waals surface area contributed by atoms with Crippen LogP contribution < -0.4 is 4.72 Å². The lowest BCUT2D eigenvalue weighted by Crippen LogP contribution is -2.30. The summed E-state index contributed by atoms with van der Waals surface area (Å²) in [6.07, 6.45) is 2.45. The van der Waals surface area contributed by atoms with Crippen LogP contribution in [0.5, 0.6) is 0 Å². The highest BCUT2D eigenvalue weighted by Crippen LogP contribution is 2.36. The molecule has 0 saturated heterocycles. The maximum Gasteiger partial charge on any atom is 0.516 e. The van der Waals surface area contributed by atoms with Gasteiger partial charge in [0.15, 0.2) is 0 Å². The molecule has 0 bridgehead atoms. The predicted molar refractivity (Wildman–Crippen MR) is 90.5 cm³/mol. The lowest BCUT2D eigenvalue weighted by molar-refractivity contribution is -0.0429. The van der Waals surface area contributed by atoms with Crippen molar-refractivity contribution >= 4 is 26.5 Å². The number of fused-ring (bicyclic) bond motifs is 1. The minimum Gasteiger partial charge on any atom is -0.275 e. The summed E-state index contributed by atoms with van der Waals surface area (Å²) in [5, 5.41) is 10.4. The summed E-state index contributed by atoms with van der Waals surface area (Å²) in [5.41, 5.74) is -4.69. The van der Waals surface area contributed by atoms with Crippen molar-refractivity contribution in [2.75, 3.05) is 4.72 Å². The molecular formula is C17H10F3N3O2S. The first-order chi connectivity index (χ1) is 12.2. The van der Waals surface area contributed by atoms with Crippen LogP contribution in [-0.2, 0) is 10.0 Å². The number of nitrogens with zero attached hydrogens (tertiary/aromatic N) is 2. The molecule has 0 unspecified atom stereocenters. The average Bonchev–Trinajstić information content (AvgIpc) is 2.60. The van der Waals surface area contributed by atoms with Crippen molar-refractivity contribution in [2.45, 2.75) is 5.51 Å². The number of nitrogens with one attached hydrogen (secondary N) is 1. The smallest absolute Gasteiger partial charge is 0.275 e. The van der Waals surface area contributed by atoms with Crippen molar-refractivity contribution in [1.82, 2.24) is 4.98 Å². The van der Waals surface area contributed by atoms with Crippen LogP contribution in [0.3, 0.4) is 0 Å². The molecule has 1 aromatic heterocycles. The van der Waals surface area contributed by atoms with E-state index in [1.165, 1.54) is 18.5 Å². The Balaban J connectivity index is 2.22. The molecule has 132 valence electrons. The van der Waals surface area contributed by atoms with Crippen LogP contribution in [-0.4, -0.2) is 18.9 Å². The van der Waals surface area contributed by atoms with Crippen LogP contribution in [0.15, 0.2) is 54.9 Å². The number of aromatic nitrogens is 1. The van der Waals surface area contributed by atoms with E-state index in [1.54, 1.807) is 35.1 Å². The minimum absolute atomic E-state index is 0.168. The SMILES string of the molecule is N#Cc1ccc(-c2cnccc2NS(=O)(=O)C(F)(F)F)c2ccccc12. The van der Waals surface area contributed by atoms with E-state index in [-0.39, 0.29) is 11.3 Å². The monoisotopic (exact) mass is 377 g/mol. The van der Waals surface area contributed by atoms with Crippen molar-refractivity contribution in [3.8, 4) is 17.2 Å². The first-order valence-electron chi connectivity index (χ1n) is 7.20. The normalized spacial score (nSPS) is 11.9. The Kier molecular flexibility index (Phi) is 4.29. The predicted octanol–water partition coefficient (Wildman–Crippen LogP) is 4.03. The van der Waals surface area contributed by atoms with E-state index in [1.807, 2.05) is 6.07 Å². The van der Waals surface area contributed by atoms with E-state index < -0.39 is 15.5 Å². The van der Waals surface area contributed by atoms with Gasteiger partial charge in [0.05, 0.1) is 17.3 Å². The molecule has 9 heteroatoms. The number of benzene rings is 2. The van der Waals surface area contributed by atoms with Crippen molar-refractivity contribution in [3.63, 3.8) is 0 Å². The number of pyridine rings is 1. The number of nitriles is 1. The van der Waals surface area contributed by atoms with Gasteiger partial charge in [-0.05, 0) is 23.1 Å². The number of hydrogen-bond acceptors (Lipinski definition) is 4. The van der Waals surface area contributed by atoms with Gasteiger partial charge >= 0.3 is 15.5 Å². The summed E-state index contributed by atoms with van der Waals surface area (Å²) in [6.45, 7) is 0. The largest absolute Gasteiger partial charge is 0.516 e. The number of anilines is 1. The van der Waals surface area contributed by atoms with E-state index in [0.717, 1.165) is 6.07 Å². The van der Waals surface area contributed by atoms with E-state index in [0.29, 0.717) is 21.9 Å². The van der Waals surface area contributed by atoms with Crippen LogP contribution >= 0.6 is 0 Å². The molecule has 0 saturated carbocycles. The molecule has 0 spiro atoms. The molecule has 3 aromatic rings. The molecule has 2 aromatic carbocycles. The van der Waals surface area contributed by atoms with Crippen molar-refractivity contribution < 1.29 is 21.6 Å². The van der Waals surface area contributed by atoms with Crippen molar-refractivity contribution in [2.24, 2.45) is 0 Å². The molecule has 0 radical (unpaired) electrons. The maximum absolute atomic E-state index is 12.7. The van der Waals surface area contributed by atoms with Gasteiger partial charge in [0, 0.05) is 23.3 Å². The minimum atomic E-state index is -5.58. The second-order valence-electron chi connectivity index (χ2n) is 5.29. The molecule has 26 heavy (non-hydrogen) atoms. The lowest BCUT2D eigenvalue weighted by atomic mass is 9.95. The van der Waals surface area contributed by atoms with Gasteiger partial charge in [0.2, 0.25) is 0 Å². The highest BCUT2D eigenvalue weighted by Gasteiger charge is 2.46. The third-order valence-corrected chi connectivity index (χ3v) is 4.80. The van der Waals surface area contributed by atoms with E-state index in [4.69, 9.17) is 0 Å². The quantitative estimate of drug-likeness (QED) is 0.747. The summed E-state index contributed by atoms with van der Waals surface area (Å²) < 4.78 is 62.6. The fraction of sp³-hybridized carbons (Fsp3) is 0.0588. The number of halogens is 3. The Bertz CT molecular complexity index is 1140. The lowest BCUT2D eigenvalue weighted by Gasteiger charge is -2.15. The molecule has 0 aliphatic carbocycles. The zero-order chi connectivity index (χ0) is 18.9. The summed E-state index contributed by atoms with van der Waals surface area (Å²) in [5.74, 6) is 0. The topological polar surface area (TPSA) is 82.8 Å². The third kappa shape index (κ3) is 3.07. The van der Waals surface area contributed by atoms with Gasteiger partial charge < -0.3 is 0 Å². The molecule has 0 fully saturated rings. The van der Waals surface area contributed by atoms with Gasteiger partial charge in [0.1, 0.15) is 0 Å². The zero-order valence-electron chi connectivity index (χ0n) is 12.9. The highest BCUT2D eigenvalue weighted by atomic mass is 32.2. The van der Waals surface area contributed by atoms with Crippen molar-refractivity contribution in [1.29, 1.82) is 5.26 Å². The molecule has 0 aliphatic rings. The van der Waals surface area contributed by atoms with E-state index in [2.05, 4.69) is 4.98 Å². The zero-order valence-corrected chi connectivity index (χ0v) is 13.8. The van der Waals surface area contributed by atoms with Gasteiger partial charge in [-0.15, -0.1) is 0 Å². The average molecular weight is 377 g/mol. The Hall–Kier alpha value is -3.12. The molecule has 1 N–H and O–H groups in total. The van der Waals surface area contributed by atoms with Gasteiger partial charge in [-0.2, -0.15) is 26.9 Å². The molecule has 5 nitrogen and oxygen atoms in total. The second kappa shape index (κ2) is 6.31. The standard InChI is InChI=1S/C17H10F3N3O2S/c18-17(19,20)26(24,25)23-16-7-8-22-10-15(16)14-6-5-11(9-21)12-3-1-2-4-13(12)14/h1-8,10H,(H,22,23). The Labute approximate surface area is 146 Å². The van der Waals surface area contributed by atoms with Gasteiger partial charge in [-0.1, -0.05) is 30.3 Å². The third-order valence-electron chi connectivity index (χ3n) is 3.70. The molecule has 0 atom stereocenters. The Morgan fingerprint density at radius 1 is 1.00 bits per heavy atom. The summed E-state index contributed by atoms with van der Waals surface area (Å²) in [7, 11) is -5.58. The first-order valence-corrected chi connectivity index (χ1v) is 8.68. The summed E-state index contributed by atoms with van der Waals surface area (Å²) >= 11 is 0. The first kappa shape index (κ1) is 17.7. The summed E-state index contributed by atoms with van der Waals surface area (Å²) in [4.78, 5) is 3.88. The second-order valence-corrected chi connectivity index (χ2v) is 6.96. The van der Waals surface area contributed by atoms with E-state index >= 15 is 0 Å². The number of alkyl halides is 3. The maximum atomic E-state index is 12.7. The van der Waals surface area contributed by atoms with Crippen molar-refractivity contribution in [3.05, 3.63) is 60.4 Å². The molecule has 1 heterocycles. The fourth-order valence-electron chi connectivity index (χ4n) is 2.53. The van der Waals surface area contributed by atoms with Gasteiger partial charge in [-0.3, -0.25) is 9.71 Å². The van der Waals surface area contributed by atoms with Crippen LogP contribution in [0.4, 0.5) is 18.9 Å². The number of rotatable bonds is 3. The van der Waals surface area contributed by atoms with Gasteiger partial charge in [0.25, 0.3) is 0 Å². The Morgan fingerprint density at radius 3 is 2.35 bits per heavy atom. The van der Waals surface area contributed by atoms with Crippen LogP contribution in [0.2, 0.25) is 0 Å². The van der Waals surface area contributed by atoms with Crippen LogP contribution in [0.25, 0.3) is 21.9 Å². The Morgan fingerprint density at radius 2 is 1.69 bits per heavy atom. The van der Waals surface area contributed by atoms with E-state index in [9.17, 15) is 26.9 Å². The molecule has 3 rings (SSSR count). The van der Waals surface area contributed by atoms with Crippen LogP contribution in [0.1, 0.15) is 5.56 Å². The van der Waals surface area contributed by atoms with Crippen LogP contribution in [0, 0.1) is 11.3 Å². The fourth-order valence-corrected chi connectivity index (χ4v) is 3.12.